The van der Waals surface area contributed by atoms with E-state index < -0.39 is 0 Å². The van der Waals surface area contributed by atoms with E-state index in [0.29, 0.717) is 0 Å². The van der Waals surface area contributed by atoms with E-state index in [1.165, 1.54) is 22.3 Å². The first kappa shape index (κ1) is 12.0. The first-order chi connectivity index (χ1) is 9.24. The summed E-state index contributed by atoms with van der Waals surface area (Å²) in [6.07, 6.45) is 1.11. The number of rotatable bonds is 2. The summed E-state index contributed by atoms with van der Waals surface area (Å²) in [5.41, 5.74) is 6.58. The average Bonchev–Trinajstić information content (AvgIpc) is 2.46. The van der Waals surface area contributed by atoms with Gasteiger partial charge in [0.2, 0.25) is 0 Å². The highest BCUT2D eigenvalue weighted by atomic mass is 15.1. The molecule has 0 saturated carbocycles. The van der Waals surface area contributed by atoms with Crippen LogP contribution in [0.1, 0.15) is 22.3 Å². The van der Waals surface area contributed by atoms with E-state index >= 15 is 0 Å². The molecule has 19 heavy (non-hydrogen) atoms. The Balaban J connectivity index is 1.83. The van der Waals surface area contributed by atoms with Crippen LogP contribution in [0.3, 0.4) is 0 Å². The van der Waals surface area contributed by atoms with Crippen LogP contribution in [0.4, 0.5) is 0 Å². The molecule has 0 spiro atoms. The summed E-state index contributed by atoms with van der Waals surface area (Å²) in [7, 11) is 0. The Kier molecular flexibility index (Phi) is 3.12. The molecule has 1 aliphatic rings. The zero-order valence-corrected chi connectivity index (χ0v) is 11.4. The third-order valence-electron chi connectivity index (χ3n) is 3.86. The van der Waals surface area contributed by atoms with Crippen molar-refractivity contribution in [3.8, 4) is 0 Å². The van der Waals surface area contributed by atoms with Gasteiger partial charge in [-0.2, -0.15) is 0 Å². The van der Waals surface area contributed by atoms with Gasteiger partial charge < -0.3 is 4.90 Å². The fourth-order valence-corrected chi connectivity index (χ4v) is 2.73. The third-order valence-corrected chi connectivity index (χ3v) is 3.86. The van der Waals surface area contributed by atoms with Crippen LogP contribution in [0.2, 0.25) is 0 Å². The number of nitrogens with zero attached hydrogens (tertiary/aromatic N) is 1. The summed E-state index contributed by atoms with van der Waals surface area (Å²) in [6.45, 7) is 8.45. The van der Waals surface area contributed by atoms with E-state index in [4.69, 9.17) is 0 Å². The Labute approximate surface area is 115 Å². The molecule has 1 nitrogen and oxygen atoms in total. The first-order valence-electron chi connectivity index (χ1n) is 6.82. The van der Waals surface area contributed by atoms with E-state index in [0.717, 1.165) is 25.2 Å². The average molecular weight is 249 g/mol. The zero-order chi connectivity index (χ0) is 13.2. The predicted molar refractivity (Wildman–Crippen MR) is 80.8 cm³/mol. The molecule has 2 aromatic carbocycles. The Hall–Kier alpha value is -2.02. The molecule has 0 bridgehead atoms. The van der Waals surface area contributed by atoms with Gasteiger partial charge in [0.25, 0.3) is 0 Å². The van der Waals surface area contributed by atoms with Crippen molar-refractivity contribution in [3.63, 3.8) is 0 Å². The van der Waals surface area contributed by atoms with Crippen molar-refractivity contribution < 1.29 is 0 Å². The lowest BCUT2D eigenvalue weighted by molar-refractivity contribution is 0.374. The lowest BCUT2D eigenvalue weighted by atomic mass is 9.98. The summed E-state index contributed by atoms with van der Waals surface area (Å²) in [5, 5.41) is 0. The van der Waals surface area contributed by atoms with Gasteiger partial charge in [0.15, 0.2) is 0 Å². The summed E-state index contributed by atoms with van der Waals surface area (Å²) in [4.78, 5) is 2.39. The monoisotopic (exact) mass is 249 g/mol. The van der Waals surface area contributed by atoms with Gasteiger partial charge in [-0.05, 0) is 36.1 Å². The standard InChI is InChI=1S/C18H19N/c1-14-6-5-9-17(12-14)15(2)19-11-10-16-7-3-4-8-18(16)13-19/h3-9,12H,2,10-11,13H2,1H3. The number of aryl methyl sites for hydroxylation is 1. The van der Waals surface area contributed by atoms with Crippen molar-refractivity contribution in [2.75, 3.05) is 6.54 Å². The van der Waals surface area contributed by atoms with Crippen LogP contribution in [0.15, 0.2) is 55.1 Å². The lowest BCUT2D eigenvalue weighted by Crippen LogP contribution is -2.28. The predicted octanol–water partition coefficient (Wildman–Crippen LogP) is 4.02. The van der Waals surface area contributed by atoms with Gasteiger partial charge in [0.05, 0.1) is 0 Å². The van der Waals surface area contributed by atoms with Gasteiger partial charge in [0, 0.05) is 18.8 Å². The van der Waals surface area contributed by atoms with Gasteiger partial charge in [-0.15, -0.1) is 0 Å². The van der Waals surface area contributed by atoms with Gasteiger partial charge in [-0.25, -0.2) is 0 Å². The van der Waals surface area contributed by atoms with Gasteiger partial charge in [-0.3, -0.25) is 0 Å². The topological polar surface area (TPSA) is 3.24 Å². The van der Waals surface area contributed by atoms with E-state index in [1.807, 2.05) is 0 Å². The van der Waals surface area contributed by atoms with Crippen molar-refractivity contribution >= 4 is 5.70 Å². The molecule has 96 valence electrons. The molecule has 2 aromatic rings. The van der Waals surface area contributed by atoms with Crippen molar-refractivity contribution in [2.45, 2.75) is 19.9 Å². The number of hydrogen-bond donors (Lipinski definition) is 0. The molecule has 1 heteroatoms. The highest BCUT2D eigenvalue weighted by Crippen LogP contribution is 2.26. The molecule has 0 saturated heterocycles. The van der Waals surface area contributed by atoms with E-state index in [1.54, 1.807) is 0 Å². The quantitative estimate of drug-likeness (QED) is 0.777. The summed E-state index contributed by atoms with van der Waals surface area (Å²) in [6, 6.07) is 17.3. The molecule has 0 aliphatic carbocycles. The minimum atomic E-state index is 0.975. The molecule has 0 unspecified atom stereocenters. The Morgan fingerprint density at radius 1 is 1.05 bits per heavy atom. The molecule has 1 aliphatic heterocycles. The third kappa shape index (κ3) is 2.41. The maximum Gasteiger partial charge on any atom is 0.0432 e. The number of fused-ring (bicyclic) bond motifs is 1. The van der Waals surface area contributed by atoms with Crippen LogP contribution in [-0.2, 0) is 13.0 Å². The van der Waals surface area contributed by atoms with E-state index in [-0.39, 0.29) is 0 Å². The largest absolute Gasteiger partial charge is 0.367 e. The zero-order valence-electron chi connectivity index (χ0n) is 11.4. The normalized spacial score (nSPS) is 14.1. The van der Waals surface area contributed by atoms with Crippen molar-refractivity contribution in [3.05, 3.63) is 77.4 Å². The second-order valence-corrected chi connectivity index (χ2v) is 5.26. The highest BCUT2D eigenvalue weighted by molar-refractivity contribution is 5.63. The van der Waals surface area contributed by atoms with Crippen molar-refractivity contribution in [1.82, 2.24) is 4.90 Å². The first-order valence-corrected chi connectivity index (χ1v) is 6.82. The molecule has 0 aromatic heterocycles. The summed E-state index contributed by atoms with van der Waals surface area (Å²) >= 11 is 0. The summed E-state index contributed by atoms with van der Waals surface area (Å²) in [5.74, 6) is 0. The van der Waals surface area contributed by atoms with Crippen LogP contribution in [0, 0.1) is 6.92 Å². The maximum atomic E-state index is 4.29. The molecule has 0 atom stereocenters. The van der Waals surface area contributed by atoms with E-state index in [2.05, 4.69) is 66.9 Å². The molecule has 0 fully saturated rings. The molecule has 0 amide bonds. The second-order valence-electron chi connectivity index (χ2n) is 5.26. The minimum absolute atomic E-state index is 0.975. The molecule has 1 heterocycles. The molecular formula is C18H19N. The Morgan fingerprint density at radius 2 is 1.84 bits per heavy atom. The fourth-order valence-electron chi connectivity index (χ4n) is 2.73. The van der Waals surface area contributed by atoms with E-state index in [9.17, 15) is 0 Å². The van der Waals surface area contributed by atoms with Gasteiger partial charge in [0.1, 0.15) is 0 Å². The van der Waals surface area contributed by atoms with Crippen molar-refractivity contribution in [2.24, 2.45) is 0 Å². The summed E-state index contributed by atoms with van der Waals surface area (Å²) < 4.78 is 0. The van der Waals surface area contributed by atoms with Crippen LogP contribution < -0.4 is 0 Å². The lowest BCUT2D eigenvalue weighted by Gasteiger charge is -2.32. The molecule has 0 radical (unpaired) electrons. The SMILES string of the molecule is C=C(c1cccc(C)c1)N1CCc2ccccc2C1. The highest BCUT2D eigenvalue weighted by Gasteiger charge is 2.17. The Morgan fingerprint density at radius 3 is 2.63 bits per heavy atom. The van der Waals surface area contributed by atoms with Crippen LogP contribution >= 0.6 is 0 Å². The maximum absolute atomic E-state index is 4.29. The number of benzene rings is 2. The molecule has 3 rings (SSSR count). The second kappa shape index (κ2) is 4.93. The molecule has 0 N–H and O–H groups in total. The van der Waals surface area contributed by atoms with Crippen LogP contribution in [0.5, 0.6) is 0 Å². The van der Waals surface area contributed by atoms with Crippen LogP contribution in [0.25, 0.3) is 5.70 Å². The van der Waals surface area contributed by atoms with Gasteiger partial charge in [-0.1, -0.05) is 54.6 Å². The molecular weight excluding hydrogens is 230 g/mol. The smallest absolute Gasteiger partial charge is 0.0432 e. The minimum Gasteiger partial charge on any atom is -0.367 e. The Bertz CT molecular complexity index is 613. The van der Waals surface area contributed by atoms with Crippen LogP contribution in [-0.4, -0.2) is 11.4 Å². The number of hydrogen-bond acceptors (Lipinski definition) is 1. The van der Waals surface area contributed by atoms with Crippen molar-refractivity contribution in [1.29, 1.82) is 0 Å². The van der Waals surface area contributed by atoms with Gasteiger partial charge >= 0.3 is 0 Å². The fraction of sp³-hybridized carbons (Fsp3) is 0.222.